The van der Waals surface area contributed by atoms with Crippen molar-refractivity contribution in [3.05, 3.63) is 0 Å². The van der Waals surface area contributed by atoms with Gasteiger partial charge in [0.2, 0.25) is 6.43 Å². The van der Waals surface area contributed by atoms with Gasteiger partial charge in [0.15, 0.2) is 0 Å². The van der Waals surface area contributed by atoms with Crippen LogP contribution in [-0.2, 0) is 0 Å². The van der Waals surface area contributed by atoms with E-state index in [9.17, 15) is 8.78 Å². The Bertz CT molecular complexity index is 130. The van der Waals surface area contributed by atoms with Crippen molar-refractivity contribution in [1.29, 1.82) is 0 Å². The molecule has 0 aliphatic carbocycles. The van der Waals surface area contributed by atoms with E-state index in [0.29, 0.717) is 19.6 Å². The van der Waals surface area contributed by atoms with Crippen LogP contribution in [0.1, 0.15) is 0 Å². The molecule has 1 aliphatic rings. The topological polar surface area (TPSA) is 29.3 Å². The summed E-state index contributed by atoms with van der Waals surface area (Å²) >= 11 is 0. The van der Waals surface area contributed by atoms with Crippen LogP contribution in [0.3, 0.4) is 0 Å². The molecule has 0 amide bonds. The third kappa shape index (κ3) is 1.87. The molecule has 1 rings (SSSR count). The number of hydrogen-bond acceptors (Lipinski definition) is 2. The maximum Gasteiger partial charge on any atom is 0.243 e. The molecule has 2 N–H and O–H groups in total. The molecule has 0 aromatic carbocycles. The fourth-order valence-electron chi connectivity index (χ4n) is 1.65. The van der Waals surface area contributed by atoms with Crippen molar-refractivity contribution in [2.75, 3.05) is 26.7 Å². The van der Waals surface area contributed by atoms with Gasteiger partial charge < -0.3 is 10.6 Å². The highest BCUT2D eigenvalue weighted by Gasteiger charge is 2.35. The highest BCUT2D eigenvalue weighted by Crippen LogP contribution is 2.26. The van der Waals surface area contributed by atoms with Gasteiger partial charge >= 0.3 is 0 Å². The maximum atomic E-state index is 12.3. The Hall–Kier alpha value is -0.220. The summed E-state index contributed by atoms with van der Waals surface area (Å²) in [5, 5.41) is 0. The van der Waals surface area contributed by atoms with E-state index in [-0.39, 0.29) is 5.92 Å². The van der Waals surface area contributed by atoms with Crippen LogP contribution in [0.4, 0.5) is 8.78 Å². The molecule has 1 fully saturated rings. The average molecular weight is 164 g/mol. The van der Waals surface area contributed by atoms with Crippen LogP contribution in [0.15, 0.2) is 0 Å². The normalized spacial score (nSPS) is 33.5. The fourth-order valence-corrected chi connectivity index (χ4v) is 1.65. The van der Waals surface area contributed by atoms with Crippen molar-refractivity contribution in [1.82, 2.24) is 4.90 Å². The van der Waals surface area contributed by atoms with Gasteiger partial charge in [-0.15, -0.1) is 0 Å². The van der Waals surface area contributed by atoms with Gasteiger partial charge in [-0.3, -0.25) is 0 Å². The summed E-state index contributed by atoms with van der Waals surface area (Å²) in [4.78, 5) is 1.91. The average Bonchev–Trinajstić information content (AvgIpc) is 2.30. The first-order chi connectivity index (χ1) is 5.15. The molecular formula is C7H14F2N2. The van der Waals surface area contributed by atoms with Gasteiger partial charge in [0, 0.05) is 19.0 Å². The minimum atomic E-state index is -2.21. The van der Waals surface area contributed by atoms with E-state index in [0.717, 1.165) is 0 Å². The zero-order valence-electron chi connectivity index (χ0n) is 6.63. The monoisotopic (exact) mass is 164 g/mol. The van der Waals surface area contributed by atoms with Gasteiger partial charge in [0.05, 0.1) is 0 Å². The summed E-state index contributed by atoms with van der Waals surface area (Å²) in [5.74, 6) is -0.523. The number of nitrogens with zero attached hydrogens (tertiary/aromatic N) is 1. The lowest BCUT2D eigenvalue weighted by Crippen LogP contribution is -2.26. The lowest BCUT2D eigenvalue weighted by Gasteiger charge is -2.14. The van der Waals surface area contributed by atoms with Crippen LogP contribution in [0.2, 0.25) is 0 Å². The van der Waals surface area contributed by atoms with Crippen molar-refractivity contribution < 1.29 is 8.78 Å². The molecular weight excluding hydrogens is 150 g/mol. The molecule has 0 aromatic heterocycles. The summed E-state index contributed by atoms with van der Waals surface area (Å²) < 4.78 is 24.5. The summed E-state index contributed by atoms with van der Waals surface area (Å²) in [5.41, 5.74) is 5.36. The number of likely N-dealkylation sites (tertiary alicyclic amines) is 1. The molecule has 2 unspecified atom stereocenters. The van der Waals surface area contributed by atoms with Gasteiger partial charge in [0.1, 0.15) is 0 Å². The molecule has 0 aromatic rings. The molecule has 66 valence electrons. The zero-order chi connectivity index (χ0) is 8.43. The Balaban J connectivity index is 2.50. The summed E-state index contributed by atoms with van der Waals surface area (Å²) in [7, 11) is 1.85. The Morgan fingerprint density at radius 1 is 1.55 bits per heavy atom. The van der Waals surface area contributed by atoms with Crippen LogP contribution in [-0.4, -0.2) is 38.0 Å². The van der Waals surface area contributed by atoms with E-state index in [4.69, 9.17) is 5.73 Å². The Labute approximate surface area is 65.4 Å². The number of nitrogens with two attached hydrogens (primary N) is 1. The molecule has 0 radical (unpaired) electrons. The predicted octanol–water partition coefficient (Wildman–Crippen LogP) is 0.388. The van der Waals surface area contributed by atoms with E-state index in [1.165, 1.54) is 0 Å². The minimum absolute atomic E-state index is 0.0139. The fraction of sp³-hybridized carbons (Fsp3) is 1.00. The maximum absolute atomic E-state index is 12.3. The predicted molar refractivity (Wildman–Crippen MR) is 39.5 cm³/mol. The number of hydrogen-bond donors (Lipinski definition) is 1. The molecule has 4 heteroatoms. The molecule has 1 heterocycles. The molecule has 0 saturated carbocycles. The number of rotatable bonds is 2. The molecule has 11 heavy (non-hydrogen) atoms. The molecule has 1 aliphatic heterocycles. The lowest BCUT2D eigenvalue weighted by atomic mass is 9.97. The lowest BCUT2D eigenvalue weighted by molar-refractivity contribution is 0.0637. The van der Waals surface area contributed by atoms with Crippen LogP contribution >= 0.6 is 0 Å². The molecule has 0 spiro atoms. The van der Waals surface area contributed by atoms with E-state index < -0.39 is 12.3 Å². The minimum Gasteiger partial charge on any atom is -0.330 e. The van der Waals surface area contributed by atoms with Crippen molar-refractivity contribution in [2.45, 2.75) is 6.43 Å². The summed E-state index contributed by atoms with van der Waals surface area (Å²) in [6.45, 7) is 1.57. The molecule has 2 nitrogen and oxygen atoms in total. The molecule has 0 bridgehead atoms. The first-order valence-corrected chi connectivity index (χ1v) is 3.82. The Kier molecular flexibility index (Phi) is 2.78. The third-order valence-electron chi connectivity index (χ3n) is 2.30. The van der Waals surface area contributed by atoms with Gasteiger partial charge in [-0.2, -0.15) is 0 Å². The number of alkyl halides is 2. The second-order valence-corrected chi connectivity index (χ2v) is 3.22. The third-order valence-corrected chi connectivity index (χ3v) is 2.30. The van der Waals surface area contributed by atoms with Gasteiger partial charge in [-0.05, 0) is 19.5 Å². The van der Waals surface area contributed by atoms with Gasteiger partial charge in [0.25, 0.3) is 0 Å². The zero-order valence-corrected chi connectivity index (χ0v) is 6.63. The number of halogens is 2. The van der Waals surface area contributed by atoms with Crippen LogP contribution in [0.5, 0.6) is 0 Å². The van der Waals surface area contributed by atoms with E-state index >= 15 is 0 Å². The van der Waals surface area contributed by atoms with E-state index in [1.54, 1.807) is 0 Å². The van der Waals surface area contributed by atoms with Crippen LogP contribution in [0, 0.1) is 11.8 Å². The first kappa shape index (κ1) is 8.87. The quantitative estimate of drug-likeness (QED) is 0.639. The van der Waals surface area contributed by atoms with E-state index in [2.05, 4.69) is 0 Å². The molecule has 1 saturated heterocycles. The van der Waals surface area contributed by atoms with Crippen molar-refractivity contribution in [3.63, 3.8) is 0 Å². The molecule has 2 atom stereocenters. The summed E-state index contributed by atoms with van der Waals surface area (Å²) in [6, 6.07) is 0. The second-order valence-electron chi connectivity index (χ2n) is 3.22. The van der Waals surface area contributed by atoms with E-state index in [1.807, 2.05) is 11.9 Å². The van der Waals surface area contributed by atoms with Crippen molar-refractivity contribution >= 4 is 0 Å². The van der Waals surface area contributed by atoms with Crippen LogP contribution < -0.4 is 5.73 Å². The summed E-state index contributed by atoms with van der Waals surface area (Å²) in [6.07, 6.45) is -2.21. The second kappa shape index (κ2) is 3.45. The smallest absolute Gasteiger partial charge is 0.243 e. The van der Waals surface area contributed by atoms with Gasteiger partial charge in [-0.1, -0.05) is 0 Å². The van der Waals surface area contributed by atoms with Gasteiger partial charge in [-0.25, -0.2) is 8.78 Å². The van der Waals surface area contributed by atoms with Crippen molar-refractivity contribution in [3.8, 4) is 0 Å². The van der Waals surface area contributed by atoms with Crippen LogP contribution in [0.25, 0.3) is 0 Å². The highest BCUT2D eigenvalue weighted by atomic mass is 19.3. The SMILES string of the molecule is CN1CC(CN)C(C(F)F)C1. The Morgan fingerprint density at radius 3 is 2.55 bits per heavy atom. The largest absolute Gasteiger partial charge is 0.330 e. The first-order valence-electron chi connectivity index (χ1n) is 3.82. The highest BCUT2D eigenvalue weighted by molar-refractivity contribution is 4.84. The standard InChI is InChI=1S/C7H14F2N2/c1-11-3-5(2-10)6(4-11)7(8)9/h5-7H,2-4,10H2,1H3. The Morgan fingerprint density at radius 2 is 2.18 bits per heavy atom. The van der Waals surface area contributed by atoms with Crippen molar-refractivity contribution in [2.24, 2.45) is 17.6 Å².